The van der Waals surface area contributed by atoms with E-state index < -0.39 is 17.8 Å². The Labute approximate surface area is 190 Å². The summed E-state index contributed by atoms with van der Waals surface area (Å²) in [6.45, 7) is 3.81. The fraction of sp³-hybridized carbons (Fsp3) is 0.136. The predicted molar refractivity (Wildman–Crippen MR) is 121 cm³/mol. The lowest BCUT2D eigenvalue weighted by Gasteiger charge is -2.27. The second-order valence-electron chi connectivity index (χ2n) is 6.53. The number of anilines is 1. The van der Waals surface area contributed by atoms with Crippen LogP contribution in [-0.4, -0.2) is 24.5 Å². The largest absolute Gasteiger partial charge is 0.479 e. The maximum absolute atomic E-state index is 13.1. The third-order valence-electron chi connectivity index (χ3n) is 4.49. The standard InChI is InChI=1S/C22H16Br2N2O4/c1-4-7-30-19-14(9-15(23)11-18(19)24)10-17-20(27)25-22(29)26(21(17)28)16-6-5-12(2)13(3)8-16/h1,5-6,8-11H,7H2,2-3H3,(H,25,27,29)/b17-10+. The molecule has 1 aliphatic heterocycles. The lowest BCUT2D eigenvalue weighted by Crippen LogP contribution is -2.54. The molecule has 0 bridgehead atoms. The first-order valence-corrected chi connectivity index (χ1v) is 10.4. The molecule has 0 aromatic heterocycles. The summed E-state index contributed by atoms with van der Waals surface area (Å²) < 4.78 is 6.86. The first kappa shape index (κ1) is 21.8. The molecule has 152 valence electrons. The number of terminal acetylenes is 1. The molecular formula is C22H16Br2N2O4. The van der Waals surface area contributed by atoms with Gasteiger partial charge in [-0.2, -0.15) is 0 Å². The van der Waals surface area contributed by atoms with Gasteiger partial charge in [0.25, 0.3) is 11.8 Å². The minimum Gasteiger partial charge on any atom is -0.479 e. The second-order valence-corrected chi connectivity index (χ2v) is 8.30. The van der Waals surface area contributed by atoms with Crippen LogP contribution in [0.3, 0.4) is 0 Å². The Balaban J connectivity index is 2.09. The van der Waals surface area contributed by atoms with E-state index in [0.717, 1.165) is 16.0 Å². The van der Waals surface area contributed by atoms with Crippen molar-refractivity contribution in [2.45, 2.75) is 13.8 Å². The van der Waals surface area contributed by atoms with Crippen molar-refractivity contribution < 1.29 is 19.1 Å². The number of urea groups is 1. The van der Waals surface area contributed by atoms with Gasteiger partial charge in [0, 0.05) is 10.0 Å². The van der Waals surface area contributed by atoms with Crippen LogP contribution < -0.4 is 15.0 Å². The number of aryl methyl sites for hydroxylation is 2. The van der Waals surface area contributed by atoms with Crippen LogP contribution in [0.5, 0.6) is 5.75 Å². The number of nitrogens with zero attached hydrogens (tertiary/aromatic N) is 1. The molecule has 0 atom stereocenters. The normalized spacial score (nSPS) is 15.2. The summed E-state index contributed by atoms with van der Waals surface area (Å²) in [5.41, 5.74) is 2.54. The highest BCUT2D eigenvalue weighted by molar-refractivity contribution is 9.11. The Bertz CT molecular complexity index is 1150. The number of ether oxygens (including phenoxy) is 1. The zero-order chi connectivity index (χ0) is 22.0. The van der Waals surface area contributed by atoms with Gasteiger partial charge in [0.1, 0.15) is 17.9 Å². The number of hydrogen-bond acceptors (Lipinski definition) is 4. The zero-order valence-corrected chi connectivity index (χ0v) is 19.3. The third-order valence-corrected chi connectivity index (χ3v) is 5.53. The van der Waals surface area contributed by atoms with E-state index in [9.17, 15) is 14.4 Å². The molecule has 30 heavy (non-hydrogen) atoms. The number of rotatable bonds is 4. The summed E-state index contributed by atoms with van der Waals surface area (Å²) in [7, 11) is 0. The van der Waals surface area contributed by atoms with Gasteiger partial charge in [-0.25, -0.2) is 9.69 Å². The SMILES string of the molecule is C#CCOc1c(Br)cc(Br)cc1/C=C1\C(=O)NC(=O)N(c2ccc(C)c(C)c2)C1=O. The van der Waals surface area contributed by atoms with Crippen LogP contribution in [0.15, 0.2) is 44.9 Å². The summed E-state index contributed by atoms with van der Waals surface area (Å²) in [6.07, 6.45) is 6.65. The number of carbonyl (C=O) groups excluding carboxylic acids is 3. The van der Waals surface area contributed by atoms with E-state index in [1.807, 2.05) is 19.9 Å². The molecule has 2 aromatic carbocycles. The van der Waals surface area contributed by atoms with Crippen LogP contribution in [0, 0.1) is 26.2 Å². The van der Waals surface area contributed by atoms with Gasteiger partial charge < -0.3 is 4.74 Å². The highest BCUT2D eigenvalue weighted by Crippen LogP contribution is 2.35. The molecule has 0 spiro atoms. The van der Waals surface area contributed by atoms with Crippen molar-refractivity contribution in [3.05, 3.63) is 61.5 Å². The summed E-state index contributed by atoms with van der Waals surface area (Å²) >= 11 is 6.77. The Morgan fingerprint density at radius 1 is 1.13 bits per heavy atom. The van der Waals surface area contributed by atoms with Crippen LogP contribution >= 0.6 is 31.9 Å². The number of benzene rings is 2. The van der Waals surface area contributed by atoms with Crippen LogP contribution in [0.4, 0.5) is 10.5 Å². The van der Waals surface area contributed by atoms with E-state index in [-0.39, 0.29) is 12.2 Å². The van der Waals surface area contributed by atoms with Gasteiger partial charge in [0.2, 0.25) is 0 Å². The fourth-order valence-corrected chi connectivity index (χ4v) is 4.24. The number of nitrogens with one attached hydrogen (secondary N) is 1. The van der Waals surface area contributed by atoms with Crippen LogP contribution in [-0.2, 0) is 9.59 Å². The minimum atomic E-state index is -0.801. The molecule has 2 aromatic rings. The third kappa shape index (κ3) is 4.32. The fourth-order valence-electron chi connectivity index (χ4n) is 2.87. The molecule has 8 heteroatoms. The molecule has 0 radical (unpaired) electrons. The molecule has 1 N–H and O–H groups in total. The lowest BCUT2D eigenvalue weighted by molar-refractivity contribution is -0.122. The molecule has 6 nitrogen and oxygen atoms in total. The number of hydrogen-bond donors (Lipinski definition) is 1. The van der Waals surface area contributed by atoms with Gasteiger partial charge in [-0.05, 0) is 71.2 Å². The highest BCUT2D eigenvalue weighted by atomic mass is 79.9. The average Bonchev–Trinajstić information content (AvgIpc) is 2.67. The lowest BCUT2D eigenvalue weighted by atomic mass is 10.0. The monoisotopic (exact) mass is 530 g/mol. The summed E-state index contributed by atoms with van der Waals surface area (Å²) in [4.78, 5) is 38.9. The zero-order valence-electron chi connectivity index (χ0n) is 16.1. The van der Waals surface area contributed by atoms with E-state index in [1.165, 1.54) is 6.08 Å². The van der Waals surface area contributed by atoms with Crippen LogP contribution in [0.25, 0.3) is 6.08 Å². The minimum absolute atomic E-state index is 0.00377. The van der Waals surface area contributed by atoms with Gasteiger partial charge in [-0.3, -0.25) is 14.9 Å². The molecule has 3 rings (SSSR count). The predicted octanol–water partition coefficient (Wildman–Crippen LogP) is 4.51. The first-order valence-electron chi connectivity index (χ1n) is 8.77. The van der Waals surface area contributed by atoms with Crippen LogP contribution in [0.1, 0.15) is 16.7 Å². The van der Waals surface area contributed by atoms with Crippen molar-refractivity contribution in [2.75, 3.05) is 11.5 Å². The van der Waals surface area contributed by atoms with E-state index >= 15 is 0 Å². The van der Waals surface area contributed by atoms with Gasteiger partial charge in [-0.15, -0.1) is 6.42 Å². The molecule has 1 aliphatic rings. The summed E-state index contributed by atoms with van der Waals surface area (Å²) in [5.74, 6) is 1.23. The highest BCUT2D eigenvalue weighted by Gasteiger charge is 2.37. The van der Waals surface area contributed by atoms with E-state index in [4.69, 9.17) is 11.2 Å². The van der Waals surface area contributed by atoms with Gasteiger partial charge >= 0.3 is 6.03 Å². The van der Waals surface area contributed by atoms with Crippen molar-refractivity contribution in [1.82, 2.24) is 5.32 Å². The summed E-state index contributed by atoms with van der Waals surface area (Å²) in [6, 6.07) is 7.82. The Morgan fingerprint density at radius 3 is 2.53 bits per heavy atom. The second kappa shape index (κ2) is 8.86. The molecule has 0 unspecified atom stereocenters. The molecule has 1 fully saturated rings. The number of barbiturate groups is 1. The van der Waals surface area contributed by atoms with Crippen LogP contribution in [0.2, 0.25) is 0 Å². The summed E-state index contributed by atoms with van der Waals surface area (Å²) in [5, 5.41) is 2.22. The molecule has 4 amide bonds. The smallest absolute Gasteiger partial charge is 0.335 e. The Hall–Kier alpha value is -2.89. The molecule has 0 aliphatic carbocycles. The van der Waals surface area contributed by atoms with Gasteiger partial charge in [-0.1, -0.05) is 27.9 Å². The topological polar surface area (TPSA) is 75.7 Å². The van der Waals surface area contributed by atoms with E-state index in [1.54, 1.807) is 24.3 Å². The van der Waals surface area contributed by atoms with Gasteiger partial charge in [0.05, 0.1) is 10.2 Å². The molecule has 0 saturated carbocycles. The van der Waals surface area contributed by atoms with Gasteiger partial charge in [0.15, 0.2) is 0 Å². The number of carbonyl (C=O) groups is 3. The van der Waals surface area contributed by atoms with Crippen molar-refractivity contribution in [2.24, 2.45) is 0 Å². The number of imide groups is 2. The molecule has 1 saturated heterocycles. The van der Waals surface area contributed by atoms with Crippen molar-refractivity contribution in [1.29, 1.82) is 0 Å². The first-order chi connectivity index (χ1) is 14.2. The Kier molecular flexibility index (Phi) is 6.44. The molecular weight excluding hydrogens is 516 g/mol. The Morgan fingerprint density at radius 2 is 1.87 bits per heavy atom. The van der Waals surface area contributed by atoms with Crippen molar-refractivity contribution in [3.63, 3.8) is 0 Å². The molecule has 1 heterocycles. The maximum atomic E-state index is 13.1. The van der Waals surface area contributed by atoms with E-state index in [2.05, 4.69) is 43.1 Å². The number of halogens is 2. The van der Waals surface area contributed by atoms with Crippen molar-refractivity contribution in [3.8, 4) is 18.1 Å². The maximum Gasteiger partial charge on any atom is 0.335 e. The van der Waals surface area contributed by atoms with Crippen molar-refractivity contribution >= 4 is 61.5 Å². The average molecular weight is 532 g/mol. The van der Waals surface area contributed by atoms with E-state index in [0.29, 0.717) is 25.9 Å². The quantitative estimate of drug-likeness (QED) is 0.358. The number of amides is 4.